The van der Waals surface area contributed by atoms with Crippen LogP contribution in [0.2, 0.25) is 0 Å². The van der Waals surface area contributed by atoms with Crippen molar-refractivity contribution >= 4 is 24.0 Å². The molecule has 8 nitrogen and oxygen atoms in total. The van der Waals surface area contributed by atoms with Crippen molar-refractivity contribution in [2.45, 2.75) is 13.0 Å². The first kappa shape index (κ1) is 16.3. The van der Waals surface area contributed by atoms with Gasteiger partial charge in [0.05, 0.1) is 18.9 Å². The fourth-order valence-corrected chi connectivity index (χ4v) is 2.17. The summed E-state index contributed by atoms with van der Waals surface area (Å²) < 4.78 is 6.85. The van der Waals surface area contributed by atoms with E-state index in [9.17, 15) is 4.79 Å². The molecule has 0 radical (unpaired) electrons. The van der Waals surface area contributed by atoms with Gasteiger partial charge in [-0.05, 0) is 35.0 Å². The Morgan fingerprint density at radius 1 is 1.50 bits per heavy atom. The first-order valence-corrected chi connectivity index (χ1v) is 6.70. The largest absolute Gasteiger partial charge is 0.378 e. The average Bonchev–Trinajstić information content (AvgIpc) is 3.04. The quantitative estimate of drug-likeness (QED) is 0.844. The van der Waals surface area contributed by atoms with Crippen molar-refractivity contribution in [1.29, 1.82) is 0 Å². The Morgan fingerprint density at radius 2 is 2.36 bits per heavy atom. The van der Waals surface area contributed by atoms with Gasteiger partial charge in [-0.3, -0.25) is 4.79 Å². The van der Waals surface area contributed by atoms with E-state index in [2.05, 4.69) is 26.2 Å². The number of rotatable bonds is 3. The van der Waals surface area contributed by atoms with Crippen molar-refractivity contribution in [3.63, 3.8) is 0 Å². The van der Waals surface area contributed by atoms with E-state index in [1.807, 2.05) is 25.1 Å². The van der Waals surface area contributed by atoms with E-state index in [0.29, 0.717) is 25.4 Å². The minimum Gasteiger partial charge on any atom is -0.378 e. The zero-order valence-electron chi connectivity index (χ0n) is 12.0. The molecular formula is C13H17ClN6O2. The number of halogens is 1. The third-order valence-corrected chi connectivity index (χ3v) is 3.31. The van der Waals surface area contributed by atoms with Crippen LogP contribution in [0.1, 0.15) is 5.56 Å². The molecule has 9 heteroatoms. The number of nitrogens with one attached hydrogen (secondary N) is 2. The standard InChI is InChI=1S/C13H16N6O2.ClH/c1-9-2-3-10(6-12(9)19-8-15-17-18-19)16-13(20)11-7-21-5-4-14-11;/h2-3,6,8,11,14H,4-5,7H2,1H3,(H,16,20);1H. The number of anilines is 1. The van der Waals surface area contributed by atoms with E-state index in [1.165, 1.54) is 6.33 Å². The highest BCUT2D eigenvalue weighted by molar-refractivity contribution is 5.95. The molecule has 0 saturated carbocycles. The summed E-state index contributed by atoms with van der Waals surface area (Å²) in [5.41, 5.74) is 2.54. The number of aromatic nitrogens is 4. The van der Waals surface area contributed by atoms with Crippen LogP contribution in [0.25, 0.3) is 5.69 Å². The van der Waals surface area contributed by atoms with Crippen LogP contribution in [0.4, 0.5) is 5.69 Å². The molecule has 118 valence electrons. The summed E-state index contributed by atoms with van der Waals surface area (Å²) in [5.74, 6) is -0.110. The van der Waals surface area contributed by atoms with Crippen molar-refractivity contribution in [1.82, 2.24) is 25.5 Å². The lowest BCUT2D eigenvalue weighted by atomic mass is 10.1. The molecule has 3 rings (SSSR count). The Bertz CT molecular complexity index is 627. The van der Waals surface area contributed by atoms with Crippen LogP contribution in [-0.2, 0) is 9.53 Å². The van der Waals surface area contributed by atoms with Crippen LogP contribution in [0.15, 0.2) is 24.5 Å². The second-order valence-electron chi connectivity index (χ2n) is 4.83. The van der Waals surface area contributed by atoms with Gasteiger partial charge in [0, 0.05) is 12.2 Å². The molecule has 0 bridgehead atoms. The number of morpholine rings is 1. The second kappa shape index (κ2) is 7.30. The molecule has 0 spiro atoms. The second-order valence-corrected chi connectivity index (χ2v) is 4.83. The molecule has 1 aromatic carbocycles. The lowest BCUT2D eigenvalue weighted by Crippen LogP contribution is -2.48. The zero-order chi connectivity index (χ0) is 14.7. The van der Waals surface area contributed by atoms with Crippen molar-refractivity contribution < 1.29 is 9.53 Å². The highest BCUT2D eigenvalue weighted by Gasteiger charge is 2.21. The van der Waals surface area contributed by atoms with Crippen LogP contribution in [0, 0.1) is 6.92 Å². The van der Waals surface area contributed by atoms with Gasteiger partial charge in [-0.15, -0.1) is 17.5 Å². The molecule has 1 saturated heterocycles. The minimum atomic E-state index is -0.323. The molecule has 1 amide bonds. The summed E-state index contributed by atoms with van der Waals surface area (Å²) in [5, 5.41) is 17.1. The molecule has 1 aliphatic heterocycles. The molecule has 22 heavy (non-hydrogen) atoms. The van der Waals surface area contributed by atoms with Crippen LogP contribution in [0.5, 0.6) is 0 Å². The van der Waals surface area contributed by atoms with E-state index in [0.717, 1.165) is 11.3 Å². The number of carbonyl (C=O) groups is 1. The van der Waals surface area contributed by atoms with Gasteiger partial charge in [0.2, 0.25) is 5.91 Å². The Hall–Kier alpha value is -2.03. The van der Waals surface area contributed by atoms with E-state index >= 15 is 0 Å². The average molecular weight is 325 g/mol. The van der Waals surface area contributed by atoms with Crippen LogP contribution in [0.3, 0.4) is 0 Å². The molecule has 1 unspecified atom stereocenters. The SMILES string of the molecule is Cc1ccc(NC(=O)C2COCCN2)cc1-n1cnnn1.Cl. The maximum atomic E-state index is 12.1. The highest BCUT2D eigenvalue weighted by Crippen LogP contribution is 2.18. The Morgan fingerprint density at radius 3 is 3.05 bits per heavy atom. The van der Waals surface area contributed by atoms with Crippen molar-refractivity contribution in [3.05, 3.63) is 30.1 Å². The van der Waals surface area contributed by atoms with Crippen molar-refractivity contribution in [2.75, 3.05) is 25.1 Å². The smallest absolute Gasteiger partial charge is 0.243 e. The molecule has 2 heterocycles. The maximum absolute atomic E-state index is 12.1. The lowest BCUT2D eigenvalue weighted by molar-refractivity contribution is -0.120. The highest BCUT2D eigenvalue weighted by atomic mass is 35.5. The van der Waals surface area contributed by atoms with E-state index in [4.69, 9.17) is 4.74 Å². The fraction of sp³-hybridized carbons (Fsp3) is 0.385. The molecule has 1 aliphatic rings. The van der Waals surface area contributed by atoms with Crippen LogP contribution >= 0.6 is 12.4 Å². The number of ether oxygens (including phenoxy) is 1. The first-order chi connectivity index (χ1) is 10.2. The number of carbonyl (C=O) groups excluding carboxylic acids is 1. The predicted molar refractivity (Wildman–Crippen MR) is 82.4 cm³/mol. The predicted octanol–water partition coefficient (Wildman–Crippen LogP) is 0.319. The number of hydrogen-bond donors (Lipinski definition) is 2. The molecule has 1 atom stereocenters. The van der Waals surface area contributed by atoms with E-state index < -0.39 is 0 Å². The third-order valence-electron chi connectivity index (χ3n) is 3.31. The Balaban J connectivity index is 0.00000176. The Kier molecular flexibility index (Phi) is 5.42. The van der Waals surface area contributed by atoms with Gasteiger partial charge >= 0.3 is 0 Å². The van der Waals surface area contributed by atoms with Gasteiger partial charge in [0.15, 0.2) is 0 Å². The topological polar surface area (TPSA) is 94.0 Å². The van der Waals surface area contributed by atoms with Crippen LogP contribution < -0.4 is 10.6 Å². The van der Waals surface area contributed by atoms with Gasteiger partial charge in [0.25, 0.3) is 0 Å². The number of hydrogen-bond acceptors (Lipinski definition) is 6. The Labute approximate surface area is 133 Å². The number of benzene rings is 1. The number of aryl methyl sites for hydroxylation is 1. The molecule has 0 aliphatic carbocycles. The van der Waals surface area contributed by atoms with Gasteiger partial charge < -0.3 is 15.4 Å². The molecular weight excluding hydrogens is 308 g/mol. The number of tetrazole rings is 1. The van der Waals surface area contributed by atoms with E-state index in [1.54, 1.807) is 4.68 Å². The summed E-state index contributed by atoms with van der Waals surface area (Å²) in [6, 6.07) is 5.28. The van der Waals surface area contributed by atoms with Gasteiger partial charge in [-0.25, -0.2) is 4.68 Å². The minimum absolute atomic E-state index is 0. The summed E-state index contributed by atoms with van der Waals surface area (Å²) in [6.07, 6.45) is 1.52. The lowest BCUT2D eigenvalue weighted by Gasteiger charge is -2.23. The molecule has 1 fully saturated rings. The monoisotopic (exact) mass is 324 g/mol. The molecule has 2 N–H and O–H groups in total. The van der Waals surface area contributed by atoms with Gasteiger partial charge in [-0.1, -0.05) is 6.07 Å². The normalized spacial score (nSPS) is 17.6. The van der Waals surface area contributed by atoms with E-state index in [-0.39, 0.29) is 24.4 Å². The zero-order valence-corrected chi connectivity index (χ0v) is 12.8. The summed E-state index contributed by atoms with van der Waals surface area (Å²) in [7, 11) is 0. The summed E-state index contributed by atoms with van der Waals surface area (Å²) in [6.45, 7) is 3.66. The van der Waals surface area contributed by atoms with Crippen molar-refractivity contribution in [2.24, 2.45) is 0 Å². The molecule has 1 aromatic heterocycles. The summed E-state index contributed by atoms with van der Waals surface area (Å²) >= 11 is 0. The van der Waals surface area contributed by atoms with Crippen LogP contribution in [-0.4, -0.2) is 51.9 Å². The summed E-state index contributed by atoms with van der Waals surface area (Å²) in [4.78, 5) is 12.1. The van der Waals surface area contributed by atoms with Gasteiger partial charge in [-0.2, -0.15) is 0 Å². The van der Waals surface area contributed by atoms with Crippen molar-refractivity contribution in [3.8, 4) is 5.69 Å². The third kappa shape index (κ3) is 3.59. The maximum Gasteiger partial charge on any atom is 0.243 e. The van der Waals surface area contributed by atoms with Gasteiger partial charge in [0.1, 0.15) is 12.4 Å². The molecule has 2 aromatic rings. The number of nitrogens with zero attached hydrogens (tertiary/aromatic N) is 4. The number of amides is 1. The first-order valence-electron chi connectivity index (χ1n) is 6.70. The fourth-order valence-electron chi connectivity index (χ4n) is 2.17.